The van der Waals surface area contributed by atoms with E-state index in [1.807, 2.05) is 0 Å². The zero-order chi connectivity index (χ0) is 12.1. The molecule has 0 amide bonds. The molecule has 0 unspecified atom stereocenters. The molecule has 1 rings (SSSR count). The molecule has 5 heteroatoms. The molecule has 0 radical (unpaired) electrons. The van der Waals surface area contributed by atoms with Crippen molar-refractivity contribution in [1.82, 2.24) is 0 Å². The summed E-state index contributed by atoms with van der Waals surface area (Å²) in [6, 6.07) is 3.26. The van der Waals surface area contributed by atoms with E-state index in [1.54, 1.807) is 6.92 Å². The van der Waals surface area contributed by atoms with E-state index < -0.39 is 29.6 Å². The minimum atomic E-state index is -0.844. The van der Waals surface area contributed by atoms with E-state index in [0.29, 0.717) is 0 Å². The summed E-state index contributed by atoms with van der Waals surface area (Å²) >= 11 is 0. The lowest BCUT2D eigenvalue weighted by Crippen LogP contribution is -2.11. The first-order chi connectivity index (χ1) is 7.60. The molecule has 1 aromatic carbocycles. The summed E-state index contributed by atoms with van der Waals surface area (Å²) < 4.78 is 31.0. The Bertz CT molecular complexity index is 452. The second-order valence-corrected chi connectivity index (χ2v) is 2.98. The molecule has 0 aromatic heterocycles. The van der Waals surface area contributed by atoms with Gasteiger partial charge in [0.15, 0.2) is 0 Å². The highest BCUT2D eigenvalue weighted by Gasteiger charge is 2.17. The van der Waals surface area contributed by atoms with E-state index in [-0.39, 0.29) is 12.2 Å². The van der Waals surface area contributed by atoms with E-state index in [9.17, 15) is 13.6 Å². The molecule has 3 nitrogen and oxygen atoms in total. The third-order valence-corrected chi connectivity index (χ3v) is 1.94. The van der Waals surface area contributed by atoms with Crippen LogP contribution >= 0.6 is 0 Å². The Morgan fingerprint density at radius 3 is 2.62 bits per heavy atom. The van der Waals surface area contributed by atoms with Gasteiger partial charge in [-0.2, -0.15) is 5.26 Å². The lowest BCUT2D eigenvalue weighted by atomic mass is 10.0. The number of carbonyl (C=O) groups excluding carboxylic acids is 1. The zero-order valence-electron chi connectivity index (χ0n) is 8.59. The van der Waals surface area contributed by atoms with Gasteiger partial charge < -0.3 is 4.74 Å². The number of carbonyl (C=O) groups is 1. The molecule has 0 bridgehead atoms. The van der Waals surface area contributed by atoms with Gasteiger partial charge in [0, 0.05) is 5.56 Å². The Morgan fingerprint density at radius 1 is 1.44 bits per heavy atom. The van der Waals surface area contributed by atoms with Crippen LogP contribution < -0.4 is 0 Å². The number of hydrogen-bond acceptors (Lipinski definition) is 3. The van der Waals surface area contributed by atoms with Crippen molar-refractivity contribution in [3.63, 3.8) is 0 Å². The normalized spacial score (nSPS) is 9.62. The van der Waals surface area contributed by atoms with Crippen LogP contribution in [0.15, 0.2) is 12.1 Å². The SMILES string of the molecule is CCOC(=O)Cc1c(F)ccc(F)c1C#N. The highest BCUT2D eigenvalue weighted by Crippen LogP contribution is 2.17. The molecule has 0 spiro atoms. The fourth-order valence-electron chi connectivity index (χ4n) is 1.24. The third-order valence-electron chi connectivity index (χ3n) is 1.94. The molecule has 0 aliphatic heterocycles. The molecule has 1 aromatic rings. The minimum absolute atomic E-state index is 0.150. The van der Waals surface area contributed by atoms with Crippen LogP contribution in [0, 0.1) is 23.0 Å². The van der Waals surface area contributed by atoms with Crippen LogP contribution in [0.1, 0.15) is 18.1 Å². The summed E-state index contributed by atoms with van der Waals surface area (Å²) in [7, 11) is 0. The molecular formula is C11H9F2NO2. The lowest BCUT2D eigenvalue weighted by molar-refractivity contribution is -0.142. The molecule has 0 saturated carbocycles. The van der Waals surface area contributed by atoms with Crippen LogP contribution in [-0.2, 0) is 16.0 Å². The minimum Gasteiger partial charge on any atom is -0.466 e. The van der Waals surface area contributed by atoms with E-state index in [2.05, 4.69) is 4.74 Å². The second kappa shape index (κ2) is 5.21. The Morgan fingerprint density at radius 2 is 2.06 bits per heavy atom. The highest BCUT2D eigenvalue weighted by molar-refractivity contribution is 5.73. The summed E-state index contributed by atoms with van der Waals surface area (Å²) in [5, 5.41) is 8.66. The molecule has 0 atom stereocenters. The van der Waals surface area contributed by atoms with Gasteiger partial charge in [-0.15, -0.1) is 0 Å². The number of nitrogens with zero attached hydrogens (tertiary/aromatic N) is 1. The number of esters is 1. The molecule has 0 N–H and O–H groups in total. The number of ether oxygens (including phenoxy) is 1. The van der Waals surface area contributed by atoms with Crippen molar-refractivity contribution in [2.24, 2.45) is 0 Å². The molecule has 84 valence electrons. The summed E-state index contributed by atoms with van der Waals surface area (Å²) in [4.78, 5) is 11.1. The molecule has 16 heavy (non-hydrogen) atoms. The standard InChI is InChI=1S/C11H9F2NO2/c1-2-16-11(15)5-7-8(6-14)10(13)4-3-9(7)12/h3-4H,2,5H2,1H3. The van der Waals surface area contributed by atoms with E-state index in [4.69, 9.17) is 5.26 Å². The van der Waals surface area contributed by atoms with Crippen molar-refractivity contribution in [1.29, 1.82) is 5.26 Å². The Labute approximate surface area is 91.3 Å². The molecule has 0 fully saturated rings. The van der Waals surface area contributed by atoms with Crippen molar-refractivity contribution < 1.29 is 18.3 Å². The van der Waals surface area contributed by atoms with Crippen LogP contribution in [0.2, 0.25) is 0 Å². The van der Waals surface area contributed by atoms with Crippen LogP contribution in [0.5, 0.6) is 0 Å². The van der Waals surface area contributed by atoms with E-state index >= 15 is 0 Å². The highest BCUT2D eigenvalue weighted by atomic mass is 19.1. The summed E-state index contributed by atoms with van der Waals surface area (Å²) in [6.07, 6.45) is -0.444. The molecule has 0 saturated heterocycles. The van der Waals surface area contributed by atoms with Gasteiger partial charge in [0.1, 0.15) is 17.7 Å². The van der Waals surface area contributed by atoms with Crippen molar-refractivity contribution in [2.75, 3.05) is 6.61 Å². The number of nitriles is 1. The zero-order valence-corrected chi connectivity index (χ0v) is 8.59. The largest absolute Gasteiger partial charge is 0.466 e. The van der Waals surface area contributed by atoms with Gasteiger partial charge in [0.2, 0.25) is 0 Å². The predicted molar refractivity (Wildman–Crippen MR) is 51.4 cm³/mol. The molecule has 0 heterocycles. The Kier molecular flexibility index (Phi) is 3.95. The van der Waals surface area contributed by atoms with Gasteiger partial charge in [-0.25, -0.2) is 8.78 Å². The van der Waals surface area contributed by atoms with Gasteiger partial charge in [0.05, 0.1) is 18.6 Å². The van der Waals surface area contributed by atoms with E-state index in [1.165, 1.54) is 6.07 Å². The van der Waals surface area contributed by atoms with Gasteiger partial charge in [-0.05, 0) is 19.1 Å². The first kappa shape index (κ1) is 12.1. The molecule has 0 aliphatic rings. The van der Waals surface area contributed by atoms with Crippen LogP contribution in [-0.4, -0.2) is 12.6 Å². The lowest BCUT2D eigenvalue weighted by Gasteiger charge is -2.06. The van der Waals surface area contributed by atoms with Crippen LogP contribution in [0.4, 0.5) is 8.78 Å². The predicted octanol–water partition coefficient (Wildman–Crippen LogP) is 1.94. The van der Waals surface area contributed by atoms with Crippen LogP contribution in [0.25, 0.3) is 0 Å². The Balaban J connectivity index is 3.08. The van der Waals surface area contributed by atoms with Crippen LogP contribution in [0.3, 0.4) is 0 Å². The monoisotopic (exact) mass is 225 g/mol. The van der Waals surface area contributed by atoms with Gasteiger partial charge >= 0.3 is 5.97 Å². The maximum absolute atomic E-state index is 13.3. The van der Waals surface area contributed by atoms with Crippen molar-refractivity contribution >= 4 is 5.97 Å². The van der Waals surface area contributed by atoms with E-state index in [0.717, 1.165) is 12.1 Å². The maximum atomic E-state index is 13.3. The number of hydrogen-bond donors (Lipinski definition) is 0. The van der Waals surface area contributed by atoms with Crippen molar-refractivity contribution in [3.05, 3.63) is 34.9 Å². The topological polar surface area (TPSA) is 50.1 Å². The maximum Gasteiger partial charge on any atom is 0.310 e. The number of rotatable bonds is 3. The molecule has 0 aliphatic carbocycles. The summed E-state index contributed by atoms with van der Waals surface area (Å²) in [5.41, 5.74) is -0.714. The van der Waals surface area contributed by atoms with Gasteiger partial charge in [-0.1, -0.05) is 0 Å². The van der Waals surface area contributed by atoms with Crippen molar-refractivity contribution in [2.45, 2.75) is 13.3 Å². The van der Waals surface area contributed by atoms with Gasteiger partial charge in [0.25, 0.3) is 0 Å². The molecular weight excluding hydrogens is 216 g/mol. The third kappa shape index (κ3) is 2.54. The first-order valence-corrected chi connectivity index (χ1v) is 4.62. The van der Waals surface area contributed by atoms with Gasteiger partial charge in [-0.3, -0.25) is 4.79 Å². The number of halogens is 2. The fraction of sp³-hybridized carbons (Fsp3) is 0.273. The smallest absolute Gasteiger partial charge is 0.310 e. The summed E-state index contributed by atoms with van der Waals surface area (Å²) in [5.74, 6) is -2.32. The van der Waals surface area contributed by atoms with Crippen molar-refractivity contribution in [3.8, 4) is 6.07 Å². The number of benzene rings is 1. The first-order valence-electron chi connectivity index (χ1n) is 4.62. The summed E-state index contributed by atoms with van der Waals surface area (Å²) in [6.45, 7) is 1.75. The second-order valence-electron chi connectivity index (χ2n) is 2.98. The average molecular weight is 225 g/mol. The quantitative estimate of drug-likeness (QED) is 0.738. The Hall–Kier alpha value is -1.96. The average Bonchev–Trinajstić information content (AvgIpc) is 2.24. The fourth-order valence-corrected chi connectivity index (χ4v) is 1.24.